The first-order valence-electron chi connectivity index (χ1n) is 8.67. The molecule has 4 nitrogen and oxygen atoms in total. The second-order valence-electron chi connectivity index (χ2n) is 6.23. The molecular weight excluding hydrogens is 290 g/mol. The van der Waals surface area contributed by atoms with Gasteiger partial charge in [0.15, 0.2) is 11.5 Å². The van der Waals surface area contributed by atoms with E-state index in [-0.39, 0.29) is 5.91 Å². The zero-order valence-electron chi connectivity index (χ0n) is 14.9. The second-order valence-corrected chi connectivity index (χ2v) is 6.23. The van der Waals surface area contributed by atoms with Crippen LogP contribution in [0.2, 0.25) is 0 Å². The van der Waals surface area contributed by atoms with Crippen molar-refractivity contribution < 1.29 is 14.3 Å². The molecule has 128 valence electrons. The number of amides is 1. The number of methoxy groups -OCH3 is 2. The van der Waals surface area contributed by atoms with Crippen LogP contribution in [0.3, 0.4) is 0 Å². The van der Waals surface area contributed by atoms with Gasteiger partial charge in [-0.3, -0.25) is 4.79 Å². The molecule has 2 rings (SSSR count). The molecular formula is C19H29NO3. The molecule has 0 aromatic heterocycles. The first kappa shape index (κ1) is 17.6. The van der Waals surface area contributed by atoms with E-state index in [2.05, 4.69) is 26.0 Å². The van der Waals surface area contributed by atoms with E-state index < -0.39 is 0 Å². The van der Waals surface area contributed by atoms with E-state index in [1.807, 2.05) is 4.90 Å². The van der Waals surface area contributed by atoms with Gasteiger partial charge in [-0.05, 0) is 54.9 Å². The Balaban J connectivity index is 2.14. The number of ether oxygens (including phenoxy) is 2. The quantitative estimate of drug-likeness (QED) is 0.732. The summed E-state index contributed by atoms with van der Waals surface area (Å²) in [4.78, 5) is 14.6. The van der Waals surface area contributed by atoms with E-state index in [9.17, 15) is 4.79 Å². The van der Waals surface area contributed by atoms with Gasteiger partial charge in [-0.2, -0.15) is 0 Å². The van der Waals surface area contributed by atoms with Crippen LogP contribution in [0, 0.1) is 0 Å². The zero-order valence-corrected chi connectivity index (χ0v) is 14.9. The second kappa shape index (κ2) is 8.23. The Morgan fingerprint density at radius 3 is 2.30 bits per heavy atom. The number of hydrogen-bond acceptors (Lipinski definition) is 3. The van der Waals surface area contributed by atoms with E-state index >= 15 is 0 Å². The molecule has 0 fully saturated rings. The number of carbonyl (C=O) groups is 1. The fourth-order valence-electron chi connectivity index (χ4n) is 3.47. The number of aryl methyl sites for hydroxylation is 1. The minimum atomic E-state index is 0.279. The highest BCUT2D eigenvalue weighted by Crippen LogP contribution is 2.42. The Bertz CT molecular complexity index is 536. The fourth-order valence-corrected chi connectivity index (χ4v) is 3.47. The molecule has 23 heavy (non-hydrogen) atoms. The first-order chi connectivity index (χ1) is 11.1. The molecule has 1 amide bonds. The summed E-state index contributed by atoms with van der Waals surface area (Å²) in [6.07, 6.45) is 4.66. The highest BCUT2D eigenvalue weighted by molar-refractivity contribution is 5.77. The average molecular weight is 319 g/mol. The van der Waals surface area contributed by atoms with Gasteiger partial charge < -0.3 is 14.4 Å². The fraction of sp³-hybridized carbons (Fsp3) is 0.632. The van der Waals surface area contributed by atoms with Gasteiger partial charge >= 0.3 is 0 Å². The van der Waals surface area contributed by atoms with Crippen molar-refractivity contribution in [2.24, 2.45) is 0 Å². The van der Waals surface area contributed by atoms with Crippen molar-refractivity contribution in [3.8, 4) is 11.5 Å². The lowest BCUT2D eigenvalue weighted by Gasteiger charge is -2.23. The third-order valence-electron chi connectivity index (χ3n) is 4.61. The van der Waals surface area contributed by atoms with Crippen molar-refractivity contribution in [3.05, 3.63) is 23.3 Å². The van der Waals surface area contributed by atoms with E-state index in [1.165, 1.54) is 11.1 Å². The Hall–Kier alpha value is -1.71. The van der Waals surface area contributed by atoms with Crippen molar-refractivity contribution in [1.82, 2.24) is 4.90 Å². The third-order valence-corrected chi connectivity index (χ3v) is 4.61. The minimum Gasteiger partial charge on any atom is -0.493 e. The molecule has 0 N–H and O–H groups in total. The van der Waals surface area contributed by atoms with Crippen LogP contribution in [0.4, 0.5) is 0 Å². The van der Waals surface area contributed by atoms with Gasteiger partial charge in [0.2, 0.25) is 5.91 Å². The summed E-state index contributed by atoms with van der Waals surface area (Å²) in [5, 5.41) is 0. The molecule has 0 saturated carbocycles. The van der Waals surface area contributed by atoms with Crippen LogP contribution in [0.25, 0.3) is 0 Å². The number of rotatable bonds is 8. The summed E-state index contributed by atoms with van der Waals surface area (Å²) in [7, 11) is 3.32. The maximum absolute atomic E-state index is 12.6. The SMILES string of the molecule is CCCN(CCC)C(=O)CC1CCc2cc(OC)c(OC)cc21. The number of benzene rings is 1. The van der Waals surface area contributed by atoms with Crippen LogP contribution in [0.1, 0.15) is 56.6 Å². The van der Waals surface area contributed by atoms with Crippen LogP contribution >= 0.6 is 0 Å². The summed E-state index contributed by atoms with van der Waals surface area (Å²) in [5.74, 6) is 2.11. The number of nitrogens with zero attached hydrogens (tertiary/aromatic N) is 1. The topological polar surface area (TPSA) is 38.8 Å². The summed E-state index contributed by atoms with van der Waals surface area (Å²) < 4.78 is 10.8. The molecule has 0 saturated heterocycles. The van der Waals surface area contributed by atoms with Gasteiger partial charge in [-0.25, -0.2) is 0 Å². The van der Waals surface area contributed by atoms with Crippen LogP contribution in [-0.2, 0) is 11.2 Å². The van der Waals surface area contributed by atoms with Gasteiger partial charge in [-0.15, -0.1) is 0 Å². The summed E-state index contributed by atoms with van der Waals surface area (Å²) in [6.45, 7) is 5.96. The molecule has 1 aromatic carbocycles. The third kappa shape index (κ3) is 3.98. The van der Waals surface area contributed by atoms with E-state index in [0.717, 1.165) is 50.3 Å². The molecule has 1 atom stereocenters. The van der Waals surface area contributed by atoms with E-state index in [0.29, 0.717) is 12.3 Å². The molecule has 4 heteroatoms. The predicted molar refractivity (Wildman–Crippen MR) is 92.4 cm³/mol. The zero-order chi connectivity index (χ0) is 16.8. The molecule has 0 spiro atoms. The van der Waals surface area contributed by atoms with E-state index in [4.69, 9.17) is 9.47 Å². The lowest BCUT2D eigenvalue weighted by Crippen LogP contribution is -2.33. The van der Waals surface area contributed by atoms with Crippen LogP contribution in [0.5, 0.6) is 11.5 Å². The Morgan fingerprint density at radius 2 is 1.74 bits per heavy atom. The maximum atomic E-state index is 12.6. The molecule has 1 unspecified atom stereocenters. The van der Waals surface area contributed by atoms with Gasteiger partial charge in [-0.1, -0.05) is 13.8 Å². The smallest absolute Gasteiger partial charge is 0.223 e. The normalized spacial score (nSPS) is 16.1. The standard InChI is InChI=1S/C19H29NO3/c1-5-9-20(10-6-2)19(21)12-15-8-7-14-11-17(22-3)18(23-4)13-16(14)15/h11,13,15H,5-10,12H2,1-4H3. The predicted octanol–water partition coefficient (Wildman–Crippen LogP) is 3.77. The van der Waals surface area contributed by atoms with Crippen LogP contribution in [0.15, 0.2) is 12.1 Å². The van der Waals surface area contributed by atoms with Crippen molar-refractivity contribution in [3.63, 3.8) is 0 Å². The first-order valence-corrected chi connectivity index (χ1v) is 8.67. The van der Waals surface area contributed by atoms with Gasteiger partial charge in [0.25, 0.3) is 0 Å². The van der Waals surface area contributed by atoms with Gasteiger partial charge in [0.1, 0.15) is 0 Å². The number of carbonyl (C=O) groups excluding carboxylic acids is 1. The molecule has 0 aliphatic heterocycles. The largest absolute Gasteiger partial charge is 0.493 e. The van der Waals surface area contributed by atoms with Crippen molar-refractivity contribution in [2.45, 2.75) is 51.9 Å². The maximum Gasteiger partial charge on any atom is 0.223 e. The number of hydrogen-bond donors (Lipinski definition) is 0. The molecule has 0 heterocycles. The molecule has 0 radical (unpaired) electrons. The van der Waals surface area contributed by atoms with Crippen molar-refractivity contribution in [1.29, 1.82) is 0 Å². The molecule has 1 aliphatic rings. The average Bonchev–Trinajstić information content (AvgIpc) is 2.95. The monoisotopic (exact) mass is 319 g/mol. The number of fused-ring (bicyclic) bond motifs is 1. The van der Waals surface area contributed by atoms with Gasteiger partial charge in [0, 0.05) is 19.5 Å². The summed E-state index contributed by atoms with van der Waals surface area (Å²) in [6, 6.07) is 4.12. The van der Waals surface area contributed by atoms with E-state index in [1.54, 1.807) is 14.2 Å². The lowest BCUT2D eigenvalue weighted by atomic mass is 9.96. The van der Waals surface area contributed by atoms with Crippen molar-refractivity contribution >= 4 is 5.91 Å². The Labute approximate surface area is 139 Å². The van der Waals surface area contributed by atoms with Crippen LogP contribution in [-0.4, -0.2) is 38.1 Å². The van der Waals surface area contributed by atoms with Gasteiger partial charge in [0.05, 0.1) is 14.2 Å². The Kier molecular flexibility index (Phi) is 6.31. The summed E-state index contributed by atoms with van der Waals surface area (Å²) >= 11 is 0. The lowest BCUT2D eigenvalue weighted by molar-refractivity contribution is -0.131. The highest BCUT2D eigenvalue weighted by Gasteiger charge is 2.28. The summed E-state index contributed by atoms with van der Waals surface area (Å²) in [5.41, 5.74) is 2.54. The molecule has 0 bridgehead atoms. The molecule has 1 aromatic rings. The Morgan fingerprint density at radius 1 is 1.13 bits per heavy atom. The van der Waals surface area contributed by atoms with Crippen molar-refractivity contribution in [2.75, 3.05) is 27.3 Å². The molecule has 1 aliphatic carbocycles. The van der Waals surface area contributed by atoms with Crippen LogP contribution < -0.4 is 9.47 Å². The minimum absolute atomic E-state index is 0.279. The highest BCUT2D eigenvalue weighted by atomic mass is 16.5.